The molecule has 102 valence electrons. The zero-order valence-electron chi connectivity index (χ0n) is 11.8. The molecule has 0 N–H and O–H groups in total. The number of carbonyl (C=O) groups is 1. The maximum Gasteiger partial charge on any atom is 0.223 e. The smallest absolute Gasteiger partial charge is 0.223 e. The van der Waals surface area contributed by atoms with E-state index >= 15 is 0 Å². The van der Waals surface area contributed by atoms with Crippen LogP contribution in [0.3, 0.4) is 0 Å². The van der Waals surface area contributed by atoms with E-state index in [-0.39, 0.29) is 11.8 Å². The van der Waals surface area contributed by atoms with Crippen LogP contribution in [0.15, 0.2) is 0 Å². The molecule has 1 heterocycles. The molecule has 1 aliphatic heterocycles. The lowest BCUT2D eigenvalue weighted by molar-refractivity contribution is -0.127. The van der Waals surface area contributed by atoms with Gasteiger partial charge in [0, 0.05) is 25.4 Å². The Balaban J connectivity index is 1.95. The summed E-state index contributed by atoms with van der Waals surface area (Å²) in [5, 5.41) is 0. The zero-order valence-corrected chi connectivity index (χ0v) is 11.8. The Kier molecular flexibility index (Phi) is 7.57. The molecule has 1 amide bonds. The van der Waals surface area contributed by atoms with Gasteiger partial charge in [-0.1, -0.05) is 51.9 Å². The van der Waals surface area contributed by atoms with Gasteiger partial charge in [0.25, 0.3) is 0 Å². The van der Waals surface area contributed by atoms with Gasteiger partial charge in [-0.05, 0) is 6.42 Å². The molecule has 0 spiro atoms. The Morgan fingerprint density at radius 2 is 1.78 bits per heavy atom. The second kappa shape index (κ2) is 9.03. The number of unbranched alkanes of at least 4 members (excludes halogenated alkanes) is 7. The highest BCUT2D eigenvalue weighted by Gasteiger charge is 2.27. The second-order valence-electron chi connectivity index (χ2n) is 5.38. The van der Waals surface area contributed by atoms with Crippen LogP contribution in [0.4, 0.5) is 0 Å². The van der Waals surface area contributed by atoms with Crippen molar-refractivity contribution in [2.45, 2.75) is 64.7 Å². The summed E-state index contributed by atoms with van der Waals surface area (Å²) in [4.78, 5) is 13.6. The molecule has 0 aromatic rings. The minimum Gasteiger partial charge on any atom is -0.341 e. The zero-order chi connectivity index (χ0) is 13.2. The average Bonchev–Trinajstić information content (AvgIpc) is 2.73. The van der Waals surface area contributed by atoms with Crippen LogP contribution in [-0.4, -0.2) is 23.9 Å². The van der Waals surface area contributed by atoms with Gasteiger partial charge in [0.15, 0.2) is 0 Å². The van der Waals surface area contributed by atoms with Gasteiger partial charge in [-0.3, -0.25) is 4.79 Å². The van der Waals surface area contributed by atoms with E-state index in [2.05, 4.69) is 12.8 Å². The van der Waals surface area contributed by atoms with Crippen LogP contribution in [0, 0.1) is 18.3 Å². The van der Waals surface area contributed by atoms with Crippen molar-refractivity contribution in [2.75, 3.05) is 13.1 Å². The molecule has 0 bridgehead atoms. The van der Waals surface area contributed by atoms with Crippen molar-refractivity contribution in [1.29, 1.82) is 0 Å². The van der Waals surface area contributed by atoms with E-state index in [4.69, 9.17) is 6.42 Å². The topological polar surface area (TPSA) is 20.3 Å². The first-order valence-corrected chi connectivity index (χ1v) is 7.51. The number of nitrogens with zero attached hydrogens (tertiary/aromatic N) is 1. The largest absolute Gasteiger partial charge is 0.341 e. The van der Waals surface area contributed by atoms with Crippen LogP contribution in [-0.2, 0) is 4.79 Å². The summed E-state index contributed by atoms with van der Waals surface area (Å²) >= 11 is 0. The SMILES string of the molecule is C#CC1CC(=O)N(CCCCCCCCCC)C1. The first kappa shape index (κ1) is 15.1. The summed E-state index contributed by atoms with van der Waals surface area (Å²) in [6.45, 7) is 3.94. The minimum atomic E-state index is 0.159. The van der Waals surface area contributed by atoms with E-state index in [0.29, 0.717) is 6.42 Å². The number of rotatable bonds is 9. The molecule has 1 unspecified atom stereocenters. The fourth-order valence-corrected chi connectivity index (χ4v) is 2.54. The van der Waals surface area contributed by atoms with Crippen molar-refractivity contribution in [1.82, 2.24) is 4.90 Å². The lowest BCUT2D eigenvalue weighted by Gasteiger charge is -2.15. The fourth-order valence-electron chi connectivity index (χ4n) is 2.54. The quantitative estimate of drug-likeness (QED) is 0.451. The summed E-state index contributed by atoms with van der Waals surface area (Å²) in [6.07, 6.45) is 16.4. The highest BCUT2D eigenvalue weighted by atomic mass is 16.2. The number of amides is 1. The molecule has 2 nitrogen and oxygen atoms in total. The summed E-state index contributed by atoms with van der Waals surface area (Å²) < 4.78 is 0. The standard InChI is InChI=1S/C16H27NO/c1-3-5-6-7-8-9-10-11-12-17-14-15(4-2)13-16(17)18/h2,15H,3,5-14H2,1H3. The average molecular weight is 249 g/mol. The van der Waals surface area contributed by atoms with Crippen LogP contribution in [0.2, 0.25) is 0 Å². The van der Waals surface area contributed by atoms with Crippen LogP contribution in [0.5, 0.6) is 0 Å². The van der Waals surface area contributed by atoms with Crippen LogP contribution >= 0.6 is 0 Å². The molecule has 0 radical (unpaired) electrons. The predicted octanol–water partition coefficient (Wildman–Crippen LogP) is 3.61. The molecule has 0 aliphatic carbocycles. The number of hydrogen-bond acceptors (Lipinski definition) is 1. The van der Waals surface area contributed by atoms with E-state index in [1.807, 2.05) is 4.90 Å². The number of hydrogen-bond donors (Lipinski definition) is 0. The van der Waals surface area contributed by atoms with Gasteiger partial charge in [-0.15, -0.1) is 12.3 Å². The van der Waals surface area contributed by atoms with E-state index < -0.39 is 0 Å². The summed E-state index contributed by atoms with van der Waals surface area (Å²) in [5.41, 5.74) is 0. The minimum absolute atomic E-state index is 0.159. The molecule has 1 fully saturated rings. The Morgan fingerprint density at radius 3 is 2.33 bits per heavy atom. The van der Waals surface area contributed by atoms with E-state index in [0.717, 1.165) is 19.5 Å². The molecule has 1 atom stereocenters. The Labute approximate surface area is 112 Å². The van der Waals surface area contributed by atoms with E-state index in [1.54, 1.807) is 0 Å². The molecule has 2 heteroatoms. The molecule has 1 rings (SSSR count). The lowest BCUT2D eigenvalue weighted by Crippen LogP contribution is -2.26. The van der Waals surface area contributed by atoms with Gasteiger partial charge in [-0.25, -0.2) is 0 Å². The van der Waals surface area contributed by atoms with Crippen LogP contribution in [0.25, 0.3) is 0 Å². The molecule has 1 saturated heterocycles. The number of terminal acetylenes is 1. The molecular weight excluding hydrogens is 222 g/mol. The van der Waals surface area contributed by atoms with Crippen molar-refractivity contribution >= 4 is 5.91 Å². The van der Waals surface area contributed by atoms with Gasteiger partial charge in [-0.2, -0.15) is 0 Å². The normalized spacial score (nSPS) is 19.2. The first-order chi connectivity index (χ1) is 8.77. The van der Waals surface area contributed by atoms with Crippen molar-refractivity contribution < 1.29 is 4.79 Å². The van der Waals surface area contributed by atoms with Crippen molar-refractivity contribution in [3.63, 3.8) is 0 Å². The molecule has 1 aliphatic rings. The molecular formula is C16H27NO. The predicted molar refractivity (Wildman–Crippen MR) is 76.1 cm³/mol. The van der Waals surface area contributed by atoms with Crippen molar-refractivity contribution in [3.8, 4) is 12.3 Å². The van der Waals surface area contributed by atoms with Gasteiger partial charge in [0.1, 0.15) is 0 Å². The number of likely N-dealkylation sites (tertiary alicyclic amines) is 1. The third-order valence-electron chi connectivity index (χ3n) is 3.73. The number of carbonyl (C=O) groups excluding carboxylic acids is 1. The van der Waals surface area contributed by atoms with Gasteiger partial charge < -0.3 is 4.90 Å². The lowest BCUT2D eigenvalue weighted by atomic mass is 10.1. The van der Waals surface area contributed by atoms with Gasteiger partial charge >= 0.3 is 0 Å². The van der Waals surface area contributed by atoms with Crippen LogP contribution in [0.1, 0.15) is 64.7 Å². The van der Waals surface area contributed by atoms with Crippen molar-refractivity contribution in [3.05, 3.63) is 0 Å². The molecule has 0 aromatic carbocycles. The third kappa shape index (κ3) is 5.58. The maximum atomic E-state index is 11.6. The molecule has 0 aromatic heterocycles. The second-order valence-corrected chi connectivity index (χ2v) is 5.38. The van der Waals surface area contributed by atoms with Gasteiger partial charge in [0.05, 0.1) is 0 Å². The summed E-state index contributed by atoms with van der Waals surface area (Å²) in [5.74, 6) is 3.10. The van der Waals surface area contributed by atoms with E-state index in [1.165, 1.54) is 44.9 Å². The van der Waals surface area contributed by atoms with Crippen molar-refractivity contribution in [2.24, 2.45) is 5.92 Å². The van der Waals surface area contributed by atoms with Gasteiger partial charge in [0.2, 0.25) is 5.91 Å². The summed E-state index contributed by atoms with van der Waals surface area (Å²) in [6, 6.07) is 0. The Morgan fingerprint density at radius 1 is 1.17 bits per heavy atom. The maximum absolute atomic E-state index is 11.6. The Hall–Kier alpha value is -0.970. The highest BCUT2D eigenvalue weighted by molar-refractivity contribution is 5.79. The van der Waals surface area contributed by atoms with Crippen LogP contribution < -0.4 is 0 Å². The third-order valence-corrected chi connectivity index (χ3v) is 3.73. The monoisotopic (exact) mass is 249 g/mol. The first-order valence-electron chi connectivity index (χ1n) is 7.51. The van der Waals surface area contributed by atoms with E-state index in [9.17, 15) is 4.79 Å². The fraction of sp³-hybridized carbons (Fsp3) is 0.812. The Bertz CT molecular complexity index is 279. The molecule has 18 heavy (non-hydrogen) atoms. The highest BCUT2D eigenvalue weighted by Crippen LogP contribution is 2.17. The summed E-state index contributed by atoms with van der Waals surface area (Å²) in [7, 11) is 0. The molecule has 0 saturated carbocycles.